The molecule has 0 bridgehead atoms. The number of ether oxygens (including phenoxy) is 2. The molecule has 0 aliphatic carbocycles. The number of carbonyl (C=O) groups excluding carboxylic acids is 2. The van der Waals surface area contributed by atoms with Gasteiger partial charge in [-0.05, 0) is 77.0 Å². The van der Waals surface area contributed by atoms with E-state index in [0.29, 0.717) is 19.3 Å². The number of carboxylic acids is 1. The smallest absolute Gasteiger partial charge is 0.472 e. The number of carbonyl (C=O) groups is 3. The summed E-state index contributed by atoms with van der Waals surface area (Å²) in [5, 5.41) is 8.90. The molecule has 0 heterocycles. The summed E-state index contributed by atoms with van der Waals surface area (Å²) in [4.78, 5) is 46.0. The molecule has 0 aliphatic heterocycles. The summed E-state index contributed by atoms with van der Waals surface area (Å²) in [5.41, 5.74) is 5.33. The number of esters is 2. The molecule has 0 aromatic carbocycles. The van der Waals surface area contributed by atoms with Gasteiger partial charge in [-0.1, -0.05) is 163 Å². The molecule has 1 unspecified atom stereocenters. The second-order valence-electron chi connectivity index (χ2n) is 14.8. The molecule has 60 heavy (non-hydrogen) atoms. The SMILES string of the molecule is CC/C=C\C/C=C\C/C=C\C/C=C\C/C=C\C/C=C\CCC(=O)O[C@H](COC(=O)CCCCCCCCC/C=C\CCCCCCCC)COP(=O)(O)OC[C@H](N)C(=O)O. The Labute approximate surface area is 362 Å². The summed E-state index contributed by atoms with van der Waals surface area (Å²) in [6.45, 7) is 2.60. The average Bonchev–Trinajstić information content (AvgIpc) is 3.22. The van der Waals surface area contributed by atoms with Gasteiger partial charge in [0.05, 0.1) is 13.2 Å². The van der Waals surface area contributed by atoms with E-state index in [1.807, 2.05) is 18.2 Å². The quantitative estimate of drug-likeness (QED) is 0.0231. The molecule has 4 N–H and O–H groups in total. The Bertz CT molecular complexity index is 1340. The largest absolute Gasteiger partial charge is 0.480 e. The normalized spacial score (nSPS) is 14.5. The molecule has 342 valence electrons. The first-order valence-corrected chi connectivity index (χ1v) is 24.1. The molecule has 0 radical (unpaired) electrons. The molecule has 0 fully saturated rings. The van der Waals surface area contributed by atoms with E-state index in [1.54, 1.807) is 0 Å². The molecule has 0 saturated carbocycles. The Morgan fingerprint density at radius 2 is 0.967 bits per heavy atom. The lowest BCUT2D eigenvalue weighted by Crippen LogP contribution is -2.34. The van der Waals surface area contributed by atoms with E-state index in [-0.39, 0.29) is 19.4 Å². The average molecular weight is 862 g/mol. The minimum atomic E-state index is -4.74. The molecular weight excluding hydrogens is 781 g/mol. The van der Waals surface area contributed by atoms with Crippen molar-refractivity contribution in [3.8, 4) is 0 Å². The van der Waals surface area contributed by atoms with E-state index in [0.717, 1.165) is 57.8 Å². The van der Waals surface area contributed by atoms with Gasteiger partial charge >= 0.3 is 25.7 Å². The maximum absolute atomic E-state index is 12.6. The van der Waals surface area contributed by atoms with Gasteiger partial charge in [-0.25, -0.2) is 4.57 Å². The van der Waals surface area contributed by atoms with Crippen molar-refractivity contribution in [3.05, 3.63) is 85.1 Å². The maximum Gasteiger partial charge on any atom is 0.472 e. The first-order chi connectivity index (χ1) is 29.1. The number of phosphoric ester groups is 1. The predicted octanol–water partition coefficient (Wildman–Crippen LogP) is 12.3. The predicted molar refractivity (Wildman–Crippen MR) is 244 cm³/mol. The van der Waals surface area contributed by atoms with Crippen LogP contribution in [0.1, 0.15) is 168 Å². The molecule has 0 saturated heterocycles. The third-order valence-electron chi connectivity index (χ3n) is 9.14. The van der Waals surface area contributed by atoms with Crippen LogP contribution >= 0.6 is 7.82 Å². The summed E-state index contributed by atoms with van der Waals surface area (Å²) in [7, 11) is -4.74. The number of hydrogen-bond acceptors (Lipinski definition) is 9. The summed E-state index contributed by atoms with van der Waals surface area (Å²) in [6.07, 6.45) is 52.3. The zero-order valence-electron chi connectivity index (χ0n) is 37.0. The molecule has 0 aliphatic rings. The van der Waals surface area contributed by atoms with Gasteiger partial charge in [0, 0.05) is 12.8 Å². The fourth-order valence-corrected chi connectivity index (χ4v) is 6.39. The summed E-state index contributed by atoms with van der Waals surface area (Å²) < 4.78 is 32.6. The minimum Gasteiger partial charge on any atom is -0.480 e. The lowest BCUT2D eigenvalue weighted by Gasteiger charge is -2.20. The van der Waals surface area contributed by atoms with E-state index in [1.165, 1.54) is 64.2 Å². The van der Waals surface area contributed by atoms with Crippen molar-refractivity contribution < 1.29 is 47.5 Å². The molecule has 0 amide bonds. The van der Waals surface area contributed by atoms with Crippen LogP contribution in [-0.2, 0) is 37.5 Å². The Hall–Kier alpha value is -3.34. The van der Waals surface area contributed by atoms with Crippen LogP contribution in [0.2, 0.25) is 0 Å². The van der Waals surface area contributed by atoms with E-state index in [9.17, 15) is 23.8 Å². The first-order valence-electron chi connectivity index (χ1n) is 22.6. The molecule has 11 nitrogen and oxygen atoms in total. The molecule has 0 rings (SSSR count). The monoisotopic (exact) mass is 862 g/mol. The third kappa shape index (κ3) is 41.4. The van der Waals surface area contributed by atoms with Crippen molar-refractivity contribution >= 4 is 25.7 Å². The van der Waals surface area contributed by atoms with Gasteiger partial charge in [0.25, 0.3) is 0 Å². The van der Waals surface area contributed by atoms with Crippen LogP contribution in [0.3, 0.4) is 0 Å². The minimum absolute atomic E-state index is 0.0311. The number of unbranched alkanes of at least 4 members (excludes halogenated alkanes) is 13. The van der Waals surface area contributed by atoms with Gasteiger partial charge in [-0.3, -0.25) is 23.4 Å². The fourth-order valence-electron chi connectivity index (χ4n) is 5.61. The van der Waals surface area contributed by atoms with E-state index in [2.05, 4.69) is 85.2 Å². The molecule has 12 heteroatoms. The molecule has 3 atom stereocenters. The van der Waals surface area contributed by atoms with Crippen molar-refractivity contribution in [2.45, 2.75) is 180 Å². The van der Waals surface area contributed by atoms with Crippen molar-refractivity contribution in [1.82, 2.24) is 0 Å². The van der Waals surface area contributed by atoms with Crippen LogP contribution in [0, 0.1) is 0 Å². The lowest BCUT2D eigenvalue weighted by atomic mass is 10.1. The van der Waals surface area contributed by atoms with Crippen LogP contribution in [0.4, 0.5) is 0 Å². The van der Waals surface area contributed by atoms with Crippen LogP contribution < -0.4 is 5.73 Å². The third-order valence-corrected chi connectivity index (χ3v) is 10.1. The van der Waals surface area contributed by atoms with Crippen LogP contribution in [0.25, 0.3) is 0 Å². The summed E-state index contributed by atoms with van der Waals surface area (Å²) >= 11 is 0. The lowest BCUT2D eigenvalue weighted by molar-refractivity contribution is -0.161. The zero-order valence-corrected chi connectivity index (χ0v) is 37.9. The topological polar surface area (TPSA) is 172 Å². The van der Waals surface area contributed by atoms with Gasteiger partial charge in [0.15, 0.2) is 6.10 Å². The van der Waals surface area contributed by atoms with Crippen molar-refractivity contribution in [3.63, 3.8) is 0 Å². The Morgan fingerprint density at radius 3 is 1.47 bits per heavy atom. The first kappa shape index (κ1) is 56.7. The summed E-state index contributed by atoms with van der Waals surface area (Å²) in [5.74, 6) is -2.50. The highest BCUT2D eigenvalue weighted by molar-refractivity contribution is 7.47. The van der Waals surface area contributed by atoms with Crippen LogP contribution in [0.15, 0.2) is 85.1 Å². The van der Waals surface area contributed by atoms with Gasteiger partial charge in [-0.2, -0.15) is 0 Å². The van der Waals surface area contributed by atoms with Crippen molar-refractivity contribution in [2.24, 2.45) is 5.73 Å². The van der Waals surface area contributed by atoms with Crippen molar-refractivity contribution in [2.75, 3.05) is 19.8 Å². The van der Waals surface area contributed by atoms with Crippen LogP contribution in [-0.4, -0.2) is 59.9 Å². The van der Waals surface area contributed by atoms with E-state index < -0.39 is 51.1 Å². The second kappa shape index (κ2) is 42.4. The maximum atomic E-state index is 12.6. The van der Waals surface area contributed by atoms with E-state index >= 15 is 0 Å². The molecular formula is C48H80NO10P. The number of hydrogen-bond donors (Lipinski definition) is 3. The molecule has 0 spiro atoms. The van der Waals surface area contributed by atoms with Gasteiger partial charge in [0.2, 0.25) is 0 Å². The van der Waals surface area contributed by atoms with Crippen molar-refractivity contribution in [1.29, 1.82) is 0 Å². The van der Waals surface area contributed by atoms with Crippen LogP contribution in [0.5, 0.6) is 0 Å². The van der Waals surface area contributed by atoms with Gasteiger partial charge in [-0.15, -0.1) is 0 Å². The molecule has 0 aromatic rings. The highest BCUT2D eigenvalue weighted by atomic mass is 31.2. The number of phosphoric acid groups is 1. The number of allylic oxidation sites excluding steroid dienone is 14. The Kier molecular flexibility index (Phi) is 40.0. The number of carboxylic acid groups (broad SMARTS) is 1. The number of nitrogens with two attached hydrogens (primary N) is 1. The number of aliphatic carboxylic acids is 1. The Morgan fingerprint density at radius 1 is 0.533 bits per heavy atom. The highest BCUT2D eigenvalue weighted by Gasteiger charge is 2.28. The number of rotatable bonds is 41. The second-order valence-corrected chi connectivity index (χ2v) is 16.2. The summed E-state index contributed by atoms with van der Waals surface area (Å²) in [6, 6.07) is -1.54. The molecule has 0 aromatic heterocycles. The van der Waals surface area contributed by atoms with E-state index in [4.69, 9.17) is 24.8 Å². The van der Waals surface area contributed by atoms with Gasteiger partial charge < -0.3 is 25.2 Å². The highest BCUT2D eigenvalue weighted by Crippen LogP contribution is 2.43. The zero-order chi connectivity index (χ0) is 44.2. The standard InChI is InChI=1S/C48H80NO10P/c1-3-5-7-9-11-13-15-17-19-21-22-24-26-28-30-32-34-36-38-40-47(51)59-44(42-57-60(54,55)58-43-45(49)48(52)53)41-56-46(50)39-37-35-33-31-29-27-25-23-20-18-16-14-12-10-8-6-4-2/h5,7,11,13,17-20,22,24,28,30,34,36,44-45H,3-4,6,8-10,12,14-16,21,23,25-27,29,31-33,35,37-43,49H2,1-2H3,(H,52,53)(H,54,55)/b7-5-,13-11-,19-17-,20-18-,24-22-,30-28-,36-34-/t44-,45+/m1/s1. The fraction of sp³-hybridized carbons (Fsp3) is 0.646. The van der Waals surface area contributed by atoms with Gasteiger partial charge in [0.1, 0.15) is 12.6 Å². The Balaban J connectivity index is 4.48.